The monoisotopic (exact) mass is 269 g/mol. The number of aliphatic hydroxyl groups excluding tert-OH is 2. The van der Waals surface area contributed by atoms with Crippen LogP contribution in [0.4, 0.5) is 0 Å². The van der Waals surface area contributed by atoms with Gasteiger partial charge in [0, 0.05) is 6.04 Å². The molecule has 0 unspecified atom stereocenters. The van der Waals surface area contributed by atoms with E-state index in [2.05, 4.69) is 12.2 Å². The van der Waals surface area contributed by atoms with Crippen LogP contribution in [0.2, 0.25) is 0 Å². The first kappa shape index (κ1) is 13.8. The fraction of sp³-hybridized carbons (Fsp3) is 1.00. The van der Waals surface area contributed by atoms with Crippen LogP contribution in [0, 0.1) is 17.3 Å². The van der Waals surface area contributed by atoms with Gasteiger partial charge in [-0.25, -0.2) is 0 Å². The maximum atomic E-state index is 10.7. The maximum Gasteiger partial charge on any atom is 0.0659 e. The fourth-order valence-corrected chi connectivity index (χ4v) is 5.48. The molecule has 0 aliphatic heterocycles. The zero-order valence-corrected chi connectivity index (χ0v) is 11.8. The zero-order valence-electron chi connectivity index (χ0n) is 11.8. The lowest BCUT2D eigenvalue weighted by atomic mass is 9.46. The van der Waals surface area contributed by atoms with Gasteiger partial charge in [0.1, 0.15) is 0 Å². The van der Waals surface area contributed by atoms with E-state index in [0.29, 0.717) is 11.8 Å². The summed E-state index contributed by atoms with van der Waals surface area (Å²) in [6.45, 7) is 2.09. The number of hydrogen-bond donors (Lipinski definition) is 4. The van der Waals surface area contributed by atoms with Crippen LogP contribution in [0.3, 0.4) is 0 Å². The molecule has 3 atom stereocenters. The molecule has 0 heterocycles. The molecule has 110 valence electrons. The van der Waals surface area contributed by atoms with Crippen molar-refractivity contribution in [3.63, 3.8) is 0 Å². The second-order valence-electron chi connectivity index (χ2n) is 7.50. The maximum absolute atomic E-state index is 10.7. The SMILES string of the molecule is C[C@H](NC(CO)CO)C12C[C@@H]3C[C@H](CC(O)(C3)C1)C2. The summed E-state index contributed by atoms with van der Waals surface area (Å²) >= 11 is 0. The molecule has 19 heavy (non-hydrogen) atoms. The summed E-state index contributed by atoms with van der Waals surface area (Å²) in [5, 5.41) is 32.6. The highest BCUT2D eigenvalue weighted by Gasteiger charge is 2.58. The van der Waals surface area contributed by atoms with Gasteiger partial charge in [-0.05, 0) is 62.7 Å². The molecular weight excluding hydrogens is 242 g/mol. The lowest BCUT2D eigenvalue weighted by molar-refractivity contribution is -0.173. The van der Waals surface area contributed by atoms with Gasteiger partial charge in [0.15, 0.2) is 0 Å². The lowest BCUT2D eigenvalue weighted by Gasteiger charge is -2.62. The van der Waals surface area contributed by atoms with Crippen LogP contribution in [-0.4, -0.2) is 46.2 Å². The van der Waals surface area contributed by atoms with E-state index in [1.165, 1.54) is 19.3 Å². The highest BCUT2D eigenvalue weighted by molar-refractivity contribution is 5.11. The first-order valence-electron chi connectivity index (χ1n) is 7.69. The molecule has 0 amide bonds. The van der Waals surface area contributed by atoms with Crippen LogP contribution in [0.25, 0.3) is 0 Å². The largest absolute Gasteiger partial charge is 0.395 e. The summed E-state index contributed by atoms with van der Waals surface area (Å²) in [6, 6.07) is 0.00636. The van der Waals surface area contributed by atoms with Crippen LogP contribution in [0.15, 0.2) is 0 Å². The summed E-state index contributed by atoms with van der Waals surface area (Å²) in [7, 11) is 0. The summed E-state index contributed by atoms with van der Waals surface area (Å²) < 4.78 is 0. The van der Waals surface area contributed by atoms with Gasteiger partial charge in [-0.1, -0.05) is 0 Å². The van der Waals surface area contributed by atoms with Crippen molar-refractivity contribution < 1.29 is 15.3 Å². The fourth-order valence-electron chi connectivity index (χ4n) is 5.48. The van der Waals surface area contributed by atoms with Gasteiger partial charge in [0.2, 0.25) is 0 Å². The Hall–Kier alpha value is -0.160. The minimum atomic E-state index is -0.437. The minimum Gasteiger partial charge on any atom is -0.395 e. The van der Waals surface area contributed by atoms with Crippen molar-refractivity contribution in [1.29, 1.82) is 0 Å². The molecule has 4 saturated carbocycles. The van der Waals surface area contributed by atoms with Crippen LogP contribution in [-0.2, 0) is 0 Å². The van der Waals surface area contributed by atoms with Gasteiger partial charge in [-0.2, -0.15) is 0 Å². The number of hydrogen-bond acceptors (Lipinski definition) is 4. The number of nitrogens with one attached hydrogen (secondary N) is 1. The molecule has 4 bridgehead atoms. The summed E-state index contributed by atoms with van der Waals surface area (Å²) in [5.74, 6) is 1.36. The average molecular weight is 269 g/mol. The summed E-state index contributed by atoms with van der Waals surface area (Å²) in [4.78, 5) is 0. The van der Waals surface area contributed by atoms with Crippen molar-refractivity contribution in [3.05, 3.63) is 0 Å². The molecule has 0 radical (unpaired) electrons. The minimum absolute atomic E-state index is 0.0337. The standard InChI is InChI=1S/C15H27NO3/c1-10(16-13(7-17)8-18)14-3-11-2-12(4-14)6-15(19,5-11)9-14/h10-13,16-19H,2-9H2,1H3/t10-,11-,12-,14?,15?/m0/s1. The Morgan fingerprint density at radius 3 is 2.16 bits per heavy atom. The highest BCUT2D eigenvalue weighted by atomic mass is 16.3. The molecule has 0 aromatic heterocycles. The predicted octanol–water partition coefficient (Wildman–Crippen LogP) is 0.649. The summed E-state index contributed by atoms with van der Waals surface area (Å²) in [5.41, 5.74) is -0.268. The molecule has 4 aliphatic carbocycles. The molecule has 4 heteroatoms. The van der Waals surface area contributed by atoms with E-state index < -0.39 is 5.60 Å². The molecule has 0 saturated heterocycles. The quantitative estimate of drug-likeness (QED) is 0.591. The van der Waals surface area contributed by atoms with E-state index in [9.17, 15) is 15.3 Å². The first-order chi connectivity index (χ1) is 8.98. The van der Waals surface area contributed by atoms with Gasteiger partial charge in [-0.3, -0.25) is 0 Å². The Morgan fingerprint density at radius 2 is 1.68 bits per heavy atom. The van der Waals surface area contributed by atoms with Crippen molar-refractivity contribution in [3.8, 4) is 0 Å². The van der Waals surface area contributed by atoms with Crippen LogP contribution in [0.5, 0.6) is 0 Å². The molecule has 4 aliphatic rings. The molecule has 4 N–H and O–H groups in total. The second-order valence-corrected chi connectivity index (χ2v) is 7.50. The predicted molar refractivity (Wildman–Crippen MR) is 72.6 cm³/mol. The van der Waals surface area contributed by atoms with E-state index in [4.69, 9.17) is 0 Å². The third-order valence-corrected chi connectivity index (χ3v) is 5.92. The van der Waals surface area contributed by atoms with Crippen molar-refractivity contribution in [2.24, 2.45) is 17.3 Å². The molecule has 4 fully saturated rings. The van der Waals surface area contributed by atoms with Gasteiger partial charge < -0.3 is 20.6 Å². The Balaban J connectivity index is 1.76. The molecular formula is C15H27NO3. The average Bonchev–Trinajstić information content (AvgIpc) is 2.32. The molecule has 0 aromatic carbocycles. The van der Waals surface area contributed by atoms with Crippen LogP contribution < -0.4 is 5.32 Å². The lowest BCUT2D eigenvalue weighted by Crippen LogP contribution is -2.62. The second kappa shape index (κ2) is 4.69. The Kier molecular flexibility index (Phi) is 3.41. The number of aliphatic hydroxyl groups is 3. The summed E-state index contributed by atoms with van der Waals surface area (Å²) in [6.07, 6.45) is 6.56. The Bertz CT molecular complexity index is 328. The van der Waals surface area contributed by atoms with Crippen LogP contribution >= 0.6 is 0 Å². The molecule has 4 nitrogen and oxygen atoms in total. The number of rotatable bonds is 5. The van der Waals surface area contributed by atoms with Gasteiger partial charge in [0.25, 0.3) is 0 Å². The van der Waals surface area contributed by atoms with Crippen molar-refractivity contribution >= 4 is 0 Å². The van der Waals surface area contributed by atoms with E-state index in [0.717, 1.165) is 19.3 Å². The molecule has 0 spiro atoms. The van der Waals surface area contributed by atoms with Crippen molar-refractivity contribution in [1.82, 2.24) is 5.32 Å². The van der Waals surface area contributed by atoms with E-state index in [1.807, 2.05) is 0 Å². The van der Waals surface area contributed by atoms with Gasteiger partial charge in [-0.15, -0.1) is 0 Å². The zero-order chi connectivity index (χ0) is 13.7. The smallest absolute Gasteiger partial charge is 0.0659 e. The van der Waals surface area contributed by atoms with Crippen LogP contribution in [0.1, 0.15) is 45.4 Å². The molecule has 4 rings (SSSR count). The van der Waals surface area contributed by atoms with Gasteiger partial charge in [0.05, 0.1) is 24.9 Å². The van der Waals surface area contributed by atoms with Gasteiger partial charge >= 0.3 is 0 Å². The molecule has 0 aromatic rings. The Morgan fingerprint density at radius 1 is 1.11 bits per heavy atom. The highest BCUT2D eigenvalue weighted by Crippen LogP contribution is 2.62. The van der Waals surface area contributed by atoms with E-state index in [1.54, 1.807) is 0 Å². The Labute approximate surface area is 115 Å². The topological polar surface area (TPSA) is 72.7 Å². The third kappa shape index (κ3) is 2.33. The third-order valence-electron chi connectivity index (χ3n) is 5.92. The first-order valence-corrected chi connectivity index (χ1v) is 7.69. The van der Waals surface area contributed by atoms with Crippen molar-refractivity contribution in [2.75, 3.05) is 13.2 Å². The normalized spacial score (nSPS) is 45.9. The van der Waals surface area contributed by atoms with Crippen molar-refractivity contribution in [2.45, 2.75) is 63.1 Å². The van der Waals surface area contributed by atoms with E-state index in [-0.39, 0.29) is 30.7 Å². The van der Waals surface area contributed by atoms with E-state index >= 15 is 0 Å².